The van der Waals surface area contributed by atoms with E-state index < -0.39 is 6.10 Å². The number of benzene rings is 2. The van der Waals surface area contributed by atoms with Crippen molar-refractivity contribution in [2.45, 2.75) is 38.3 Å². The molecule has 1 aliphatic rings. The highest BCUT2D eigenvalue weighted by molar-refractivity contribution is 6.30. The van der Waals surface area contributed by atoms with Gasteiger partial charge in [-0.1, -0.05) is 35.9 Å². The molecule has 0 bridgehead atoms. The number of halogens is 1. The summed E-state index contributed by atoms with van der Waals surface area (Å²) in [7, 11) is 0. The lowest BCUT2D eigenvalue weighted by molar-refractivity contribution is 0.0794. The third kappa shape index (κ3) is 4.53. The number of nitrogens with zero attached hydrogens (tertiary/aromatic N) is 1. The molecular weight excluding hydrogens is 398 g/mol. The van der Waals surface area contributed by atoms with Crippen LogP contribution in [0.4, 0.5) is 0 Å². The Morgan fingerprint density at radius 2 is 2.00 bits per heavy atom. The van der Waals surface area contributed by atoms with Crippen LogP contribution in [0.3, 0.4) is 0 Å². The first-order valence-corrected chi connectivity index (χ1v) is 11.0. The average Bonchev–Trinajstić information content (AvgIpc) is 3.42. The lowest BCUT2D eigenvalue weighted by atomic mass is 10.0. The van der Waals surface area contributed by atoms with Gasteiger partial charge in [-0.3, -0.25) is 4.79 Å². The Labute approximate surface area is 182 Å². The van der Waals surface area contributed by atoms with E-state index in [4.69, 9.17) is 11.6 Å². The van der Waals surface area contributed by atoms with Crippen molar-refractivity contribution in [3.8, 4) is 0 Å². The zero-order valence-corrected chi connectivity index (χ0v) is 18.0. The summed E-state index contributed by atoms with van der Waals surface area (Å²) >= 11 is 6.02. The number of nitrogens with one attached hydrogen (secondary N) is 2. The minimum absolute atomic E-state index is 0.113. The van der Waals surface area contributed by atoms with Gasteiger partial charge in [-0.2, -0.15) is 0 Å². The first-order valence-electron chi connectivity index (χ1n) is 10.6. The van der Waals surface area contributed by atoms with Crippen LogP contribution in [0, 0.1) is 0 Å². The van der Waals surface area contributed by atoms with Crippen molar-refractivity contribution < 1.29 is 9.90 Å². The zero-order valence-electron chi connectivity index (χ0n) is 17.2. The number of likely N-dealkylation sites (tertiary alicyclic amines) is 1. The number of carbonyl (C=O) groups excluding carboxylic acids is 1. The van der Waals surface area contributed by atoms with Crippen LogP contribution in [0.2, 0.25) is 5.02 Å². The molecule has 0 spiro atoms. The third-order valence-corrected chi connectivity index (χ3v) is 6.08. The minimum Gasteiger partial charge on any atom is -0.387 e. The van der Waals surface area contributed by atoms with Gasteiger partial charge in [-0.05, 0) is 55.5 Å². The summed E-state index contributed by atoms with van der Waals surface area (Å²) in [6.45, 7) is 4.24. The summed E-state index contributed by atoms with van der Waals surface area (Å²) < 4.78 is 0. The van der Waals surface area contributed by atoms with Crippen molar-refractivity contribution in [1.82, 2.24) is 15.2 Å². The second-order valence-corrected chi connectivity index (χ2v) is 8.56. The summed E-state index contributed by atoms with van der Waals surface area (Å²) in [5, 5.41) is 15.5. The Balaban J connectivity index is 1.42. The predicted octanol–water partition coefficient (Wildman–Crippen LogP) is 4.31. The van der Waals surface area contributed by atoms with Gasteiger partial charge in [0, 0.05) is 42.3 Å². The first kappa shape index (κ1) is 20.9. The smallest absolute Gasteiger partial charge is 0.255 e. The quantitative estimate of drug-likeness (QED) is 0.528. The fourth-order valence-electron chi connectivity index (χ4n) is 4.20. The molecule has 0 radical (unpaired) electrons. The van der Waals surface area contributed by atoms with Crippen LogP contribution < -0.4 is 5.32 Å². The number of aromatic nitrogens is 1. The molecule has 0 unspecified atom stereocenters. The number of hydrogen-bond acceptors (Lipinski definition) is 3. The molecule has 1 fully saturated rings. The van der Waals surface area contributed by atoms with Crippen LogP contribution in [0.25, 0.3) is 10.9 Å². The Kier molecular flexibility index (Phi) is 6.42. The number of rotatable bonds is 7. The number of H-pyrrole nitrogens is 1. The third-order valence-electron chi connectivity index (χ3n) is 5.84. The molecule has 1 saturated heterocycles. The number of hydrogen-bond donors (Lipinski definition) is 3. The van der Waals surface area contributed by atoms with E-state index in [1.54, 1.807) is 12.1 Å². The lowest BCUT2D eigenvalue weighted by Crippen LogP contribution is -2.32. The zero-order chi connectivity index (χ0) is 21.1. The van der Waals surface area contributed by atoms with Crippen molar-refractivity contribution in [3.63, 3.8) is 0 Å². The molecule has 3 aromatic rings. The van der Waals surface area contributed by atoms with Crippen molar-refractivity contribution in [3.05, 3.63) is 70.4 Å². The first-order chi connectivity index (χ1) is 14.5. The molecule has 158 valence electrons. The highest BCUT2D eigenvalue weighted by Gasteiger charge is 2.22. The van der Waals surface area contributed by atoms with Crippen LogP contribution in [0.5, 0.6) is 0 Å². The summed E-state index contributed by atoms with van der Waals surface area (Å²) in [5.41, 5.74) is 3.63. The SMILES string of the molecule is C[C@H](Cc1c[nH]c2c(C(=O)N3CCCC3)cccc12)NC[C@H](O)c1cccc(Cl)c1. The standard InChI is InChI=1S/C24H28ClN3O2/c1-16(26-15-22(29)17-6-4-7-19(25)13-17)12-18-14-27-23-20(18)8-5-9-21(23)24(30)28-10-2-3-11-28/h4-9,13-14,16,22,26-27,29H,2-3,10-12,15H2,1H3/t16-,22+/m1/s1. The predicted molar refractivity (Wildman–Crippen MR) is 121 cm³/mol. The molecule has 2 atom stereocenters. The highest BCUT2D eigenvalue weighted by Crippen LogP contribution is 2.25. The molecule has 0 aliphatic carbocycles. The average molecular weight is 426 g/mol. The fourth-order valence-corrected chi connectivity index (χ4v) is 4.40. The van der Waals surface area contributed by atoms with Gasteiger partial charge >= 0.3 is 0 Å². The molecule has 3 N–H and O–H groups in total. The monoisotopic (exact) mass is 425 g/mol. The molecule has 6 heteroatoms. The molecule has 1 amide bonds. The van der Waals surface area contributed by atoms with E-state index in [0.717, 1.165) is 54.4 Å². The molecule has 2 heterocycles. The Hall–Kier alpha value is -2.34. The normalized spacial score (nSPS) is 16.2. The van der Waals surface area contributed by atoms with E-state index in [1.165, 1.54) is 5.56 Å². The molecule has 1 aromatic heterocycles. The van der Waals surface area contributed by atoms with E-state index in [0.29, 0.717) is 11.6 Å². The van der Waals surface area contributed by atoms with E-state index >= 15 is 0 Å². The number of carbonyl (C=O) groups is 1. The number of fused-ring (bicyclic) bond motifs is 1. The van der Waals surface area contributed by atoms with Gasteiger partial charge in [0.1, 0.15) is 0 Å². The molecule has 2 aromatic carbocycles. The summed E-state index contributed by atoms with van der Waals surface area (Å²) in [4.78, 5) is 18.2. The van der Waals surface area contributed by atoms with Crippen molar-refractivity contribution in [2.75, 3.05) is 19.6 Å². The van der Waals surface area contributed by atoms with Crippen molar-refractivity contribution in [1.29, 1.82) is 0 Å². The van der Waals surface area contributed by atoms with Gasteiger partial charge in [0.15, 0.2) is 0 Å². The van der Waals surface area contributed by atoms with Crippen LogP contribution in [-0.4, -0.2) is 46.6 Å². The molecular formula is C24H28ClN3O2. The number of amides is 1. The number of aromatic amines is 1. The van der Waals surface area contributed by atoms with E-state index in [2.05, 4.69) is 23.3 Å². The maximum absolute atomic E-state index is 12.9. The largest absolute Gasteiger partial charge is 0.387 e. The summed E-state index contributed by atoms with van der Waals surface area (Å²) in [6, 6.07) is 13.4. The number of para-hydroxylation sites is 1. The second kappa shape index (κ2) is 9.21. The Morgan fingerprint density at radius 3 is 2.77 bits per heavy atom. The molecule has 5 nitrogen and oxygen atoms in total. The van der Waals surface area contributed by atoms with Gasteiger partial charge < -0.3 is 20.3 Å². The topological polar surface area (TPSA) is 68.4 Å². The molecule has 4 rings (SSSR count). The van der Waals surface area contributed by atoms with Crippen LogP contribution in [-0.2, 0) is 6.42 Å². The Morgan fingerprint density at radius 1 is 1.23 bits per heavy atom. The summed E-state index contributed by atoms with van der Waals surface area (Å²) in [5.74, 6) is 0.113. The fraction of sp³-hybridized carbons (Fsp3) is 0.375. The maximum atomic E-state index is 12.9. The summed E-state index contributed by atoms with van der Waals surface area (Å²) in [6.07, 6.45) is 4.35. The van der Waals surface area contributed by atoms with Gasteiger partial charge in [-0.15, -0.1) is 0 Å². The molecule has 1 aliphatic heterocycles. The number of aliphatic hydroxyl groups excluding tert-OH is 1. The van der Waals surface area contributed by atoms with Crippen molar-refractivity contribution in [2.24, 2.45) is 0 Å². The highest BCUT2D eigenvalue weighted by atomic mass is 35.5. The van der Waals surface area contributed by atoms with Gasteiger partial charge in [0.05, 0.1) is 17.2 Å². The maximum Gasteiger partial charge on any atom is 0.255 e. The molecule has 0 saturated carbocycles. The molecule has 30 heavy (non-hydrogen) atoms. The van der Waals surface area contributed by atoms with Gasteiger partial charge in [0.25, 0.3) is 5.91 Å². The lowest BCUT2D eigenvalue weighted by Gasteiger charge is -2.18. The van der Waals surface area contributed by atoms with E-state index in [9.17, 15) is 9.90 Å². The Bertz CT molecular complexity index is 1030. The minimum atomic E-state index is -0.612. The van der Waals surface area contributed by atoms with Crippen LogP contribution >= 0.6 is 11.6 Å². The van der Waals surface area contributed by atoms with Gasteiger partial charge in [-0.25, -0.2) is 0 Å². The van der Waals surface area contributed by atoms with Gasteiger partial charge in [0.2, 0.25) is 0 Å². The van der Waals surface area contributed by atoms with E-state index in [-0.39, 0.29) is 11.9 Å². The van der Waals surface area contributed by atoms with Crippen LogP contribution in [0.1, 0.15) is 47.4 Å². The van der Waals surface area contributed by atoms with Crippen LogP contribution in [0.15, 0.2) is 48.7 Å². The number of aliphatic hydroxyl groups is 1. The second-order valence-electron chi connectivity index (χ2n) is 8.13. The van der Waals surface area contributed by atoms with Crippen molar-refractivity contribution >= 4 is 28.4 Å². The van der Waals surface area contributed by atoms with E-state index in [1.807, 2.05) is 35.4 Å².